The van der Waals surface area contributed by atoms with Crippen molar-refractivity contribution < 1.29 is 15.0 Å². The van der Waals surface area contributed by atoms with Crippen LogP contribution in [0.5, 0.6) is 0 Å². The lowest BCUT2D eigenvalue weighted by Crippen LogP contribution is -2.06. The molecule has 1 aromatic heterocycles. The third-order valence-electron chi connectivity index (χ3n) is 3.94. The highest BCUT2D eigenvalue weighted by atomic mass is 16.4. The van der Waals surface area contributed by atoms with Crippen LogP contribution in [-0.2, 0) is 13.0 Å². The predicted octanol–water partition coefficient (Wildman–Crippen LogP) is 1.84. The number of nitrogens with zero attached hydrogens (tertiary/aromatic N) is 1. The van der Waals surface area contributed by atoms with Crippen LogP contribution in [0.4, 0.5) is 0 Å². The van der Waals surface area contributed by atoms with E-state index >= 15 is 0 Å². The Bertz CT molecular complexity index is 674. The molecule has 1 aromatic carbocycles. The average Bonchev–Trinajstić information content (AvgIpc) is 2.70. The van der Waals surface area contributed by atoms with Gasteiger partial charge in [0, 0.05) is 17.6 Å². The van der Waals surface area contributed by atoms with Crippen LogP contribution in [0.1, 0.15) is 33.6 Å². The van der Waals surface area contributed by atoms with Gasteiger partial charge in [0.05, 0.1) is 17.7 Å². The van der Waals surface area contributed by atoms with Gasteiger partial charge in [0.15, 0.2) is 0 Å². The Kier molecular flexibility index (Phi) is 4.65. The molecular formula is C16H22N2O3. The van der Waals surface area contributed by atoms with Gasteiger partial charge in [0.1, 0.15) is 0 Å². The van der Waals surface area contributed by atoms with Crippen LogP contribution in [0.2, 0.25) is 0 Å². The molecule has 4 N–H and O–H groups in total. The van der Waals surface area contributed by atoms with E-state index in [1.54, 1.807) is 12.1 Å². The zero-order valence-corrected chi connectivity index (χ0v) is 12.5. The molecule has 0 amide bonds. The molecule has 5 nitrogen and oxygen atoms in total. The number of fused-ring (bicyclic) bond motifs is 1. The highest BCUT2D eigenvalue weighted by Crippen LogP contribution is 2.30. The molecule has 2 rings (SSSR count). The van der Waals surface area contributed by atoms with E-state index in [9.17, 15) is 15.0 Å². The van der Waals surface area contributed by atoms with Gasteiger partial charge in [-0.3, -0.25) is 0 Å². The number of hydrogen-bond acceptors (Lipinski definition) is 3. The van der Waals surface area contributed by atoms with Crippen LogP contribution in [0.25, 0.3) is 10.9 Å². The summed E-state index contributed by atoms with van der Waals surface area (Å²) < 4.78 is 2.07. The average molecular weight is 290 g/mol. The minimum Gasteiger partial charge on any atom is -0.478 e. The summed E-state index contributed by atoms with van der Waals surface area (Å²) >= 11 is 0. The fraction of sp³-hybridized carbons (Fsp3) is 0.438. The standard InChI is InChI=1S/C16H22N2O3/c1-10-8-12(16(20)21)9-14-13(4-3-5-17)11(2)18(6-7-19)15(10)14/h8-9,19H,3-7,17H2,1-2H3,(H,20,21). The number of aryl methyl sites for hydroxylation is 2. The maximum atomic E-state index is 11.3. The van der Waals surface area contributed by atoms with Crippen molar-refractivity contribution in [1.82, 2.24) is 4.57 Å². The van der Waals surface area contributed by atoms with Crippen molar-refractivity contribution in [2.75, 3.05) is 13.2 Å². The first-order valence-electron chi connectivity index (χ1n) is 7.17. The minimum absolute atomic E-state index is 0.0566. The van der Waals surface area contributed by atoms with E-state index in [-0.39, 0.29) is 6.61 Å². The molecule has 0 atom stereocenters. The number of benzene rings is 1. The SMILES string of the molecule is Cc1cc(C(=O)O)cc2c(CCCN)c(C)n(CCO)c12. The molecule has 0 saturated carbocycles. The largest absolute Gasteiger partial charge is 0.478 e. The second-order valence-corrected chi connectivity index (χ2v) is 5.33. The summed E-state index contributed by atoms with van der Waals surface area (Å²) in [6, 6.07) is 3.42. The van der Waals surface area contributed by atoms with Gasteiger partial charge in [-0.05, 0) is 56.5 Å². The van der Waals surface area contributed by atoms with Crippen LogP contribution < -0.4 is 5.73 Å². The number of aliphatic hydroxyl groups excluding tert-OH is 1. The van der Waals surface area contributed by atoms with Gasteiger partial charge in [0.2, 0.25) is 0 Å². The maximum absolute atomic E-state index is 11.3. The Morgan fingerprint density at radius 3 is 2.62 bits per heavy atom. The lowest BCUT2D eigenvalue weighted by Gasteiger charge is -2.08. The zero-order chi connectivity index (χ0) is 15.6. The first-order valence-corrected chi connectivity index (χ1v) is 7.17. The molecule has 0 saturated heterocycles. The molecule has 0 bridgehead atoms. The second-order valence-electron chi connectivity index (χ2n) is 5.33. The number of nitrogens with two attached hydrogens (primary N) is 1. The Morgan fingerprint density at radius 1 is 1.33 bits per heavy atom. The summed E-state index contributed by atoms with van der Waals surface area (Å²) in [6.07, 6.45) is 1.68. The van der Waals surface area contributed by atoms with E-state index in [1.807, 2.05) is 13.8 Å². The molecule has 0 aliphatic rings. The van der Waals surface area contributed by atoms with Gasteiger partial charge in [-0.25, -0.2) is 4.79 Å². The first kappa shape index (κ1) is 15.5. The number of rotatable bonds is 6. The van der Waals surface area contributed by atoms with Crippen molar-refractivity contribution in [3.63, 3.8) is 0 Å². The molecule has 5 heteroatoms. The summed E-state index contributed by atoms with van der Waals surface area (Å²) in [4.78, 5) is 11.3. The van der Waals surface area contributed by atoms with E-state index in [2.05, 4.69) is 4.57 Å². The lowest BCUT2D eigenvalue weighted by atomic mass is 10.0. The van der Waals surface area contributed by atoms with Crippen molar-refractivity contribution in [2.24, 2.45) is 5.73 Å². The van der Waals surface area contributed by atoms with E-state index in [4.69, 9.17) is 5.73 Å². The van der Waals surface area contributed by atoms with Crippen LogP contribution in [0, 0.1) is 13.8 Å². The van der Waals surface area contributed by atoms with Crippen molar-refractivity contribution in [1.29, 1.82) is 0 Å². The van der Waals surface area contributed by atoms with E-state index in [1.165, 1.54) is 0 Å². The van der Waals surface area contributed by atoms with Crippen LogP contribution in [-0.4, -0.2) is 33.9 Å². The van der Waals surface area contributed by atoms with Crippen molar-refractivity contribution in [3.8, 4) is 0 Å². The fourth-order valence-electron chi connectivity index (χ4n) is 2.99. The van der Waals surface area contributed by atoms with Crippen molar-refractivity contribution in [2.45, 2.75) is 33.2 Å². The third-order valence-corrected chi connectivity index (χ3v) is 3.94. The number of aliphatic hydroxyl groups is 1. The van der Waals surface area contributed by atoms with Gasteiger partial charge in [0.25, 0.3) is 0 Å². The molecule has 0 aliphatic heterocycles. The topological polar surface area (TPSA) is 88.5 Å². The van der Waals surface area contributed by atoms with Gasteiger partial charge < -0.3 is 20.5 Å². The number of aromatic nitrogens is 1. The predicted molar refractivity (Wildman–Crippen MR) is 82.8 cm³/mol. The Morgan fingerprint density at radius 2 is 2.05 bits per heavy atom. The van der Waals surface area contributed by atoms with E-state index < -0.39 is 5.97 Å². The molecule has 2 aromatic rings. The van der Waals surface area contributed by atoms with Gasteiger partial charge in [-0.2, -0.15) is 0 Å². The molecule has 0 aliphatic carbocycles. The normalized spacial score (nSPS) is 11.2. The molecule has 21 heavy (non-hydrogen) atoms. The fourth-order valence-corrected chi connectivity index (χ4v) is 2.99. The molecular weight excluding hydrogens is 268 g/mol. The van der Waals surface area contributed by atoms with Gasteiger partial charge in [-0.1, -0.05) is 0 Å². The summed E-state index contributed by atoms with van der Waals surface area (Å²) in [6.45, 7) is 5.10. The second kappa shape index (κ2) is 6.28. The lowest BCUT2D eigenvalue weighted by molar-refractivity contribution is 0.0697. The van der Waals surface area contributed by atoms with Gasteiger partial charge in [-0.15, -0.1) is 0 Å². The summed E-state index contributed by atoms with van der Waals surface area (Å²) in [5.74, 6) is -0.919. The number of carbonyl (C=O) groups is 1. The van der Waals surface area contributed by atoms with Gasteiger partial charge >= 0.3 is 5.97 Å². The third kappa shape index (κ3) is 2.80. The smallest absolute Gasteiger partial charge is 0.335 e. The summed E-state index contributed by atoms with van der Waals surface area (Å²) in [5, 5.41) is 19.5. The van der Waals surface area contributed by atoms with Crippen LogP contribution in [0.15, 0.2) is 12.1 Å². The molecule has 1 heterocycles. The Hall–Kier alpha value is -1.85. The Labute approximate surface area is 124 Å². The Balaban J connectivity index is 2.73. The molecule has 0 radical (unpaired) electrons. The van der Waals surface area contributed by atoms with E-state index in [0.717, 1.165) is 40.6 Å². The van der Waals surface area contributed by atoms with Crippen LogP contribution >= 0.6 is 0 Å². The number of carboxylic acid groups (broad SMARTS) is 1. The summed E-state index contributed by atoms with van der Waals surface area (Å²) in [7, 11) is 0. The highest BCUT2D eigenvalue weighted by molar-refractivity contribution is 5.97. The van der Waals surface area contributed by atoms with Crippen molar-refractivity contribution in [3.05, 3.63) is 34.5 Å². The van der Waals surface area contributed by atoms with Crippen LogP contribution in [0.3, 0.4) is 0 Å². The quantitative estimate of drug-likeness (QED) is 0.757. The minimum atomic E-state index is -0.919. The maximum Gasteiger partial charge on any atom is 0.335 e. The molecule has 0 fully saturated rings. The summed E-state index contributed by atoms with van der Waals surface area (Å²) in [5.41, 5.74) is 10.0. The molecule has 0 spiro atoms. The van der Waals surface area contributed by atoms with E-state index in [0.29, 0.717) is 18.7 Å². The molecule has 114 valence electrons. The van der Waals surface area contributed by atoms with Crippen molar-refractivity contribution >= 4 is 16.9 Å². The first-order chi connectivity index (χ1) is 10.0. The number of carboxylic acids is 1. The number of hydrogen-bond donors (Lipinski definition) is 3. The molecule has 0 unspecified atom stereocenters. The number of aromatic carboxylic acids is 1. The highest BCUT2D eigenvalue weighted by Gasteiger charge is 2.17. The monoisotopic (exact) mass is 290 g/mol. The zero-order valence-electron chi connectivity index (χ0n) is 12.5.